The molecule has 0 aliphatic carbocycles. The Morgan fingerprint density at radius 1 is 1.15 bits per heavy atom. The summed E-state index contributed by atoms with van der Waals surface area (Å²) < 4.78 is 1.95. The highest BCUT2D eigenvalue weighted by Gasteiger charge is 2.20. The standard InChI is InChI=1S/C21H24N4O/c1-16(2)25-14-20(23-15-25)21(26)24(12-18-8-6-10-22-11-18)13-19-9-5-4-7-17(19)3/h4-11,14-16H,12-13H2,1-3H3. The Hall–Kier alpha value is -2.95. The number of aryl methyl sites for hydroxylation is 1. The smallest absolute Gasteiger partial charge is 0.274 e. The molecule has 0 radical (unpaired) electrons. The van der Waals surface area contributed by atoms with Gasteiger partial charge in [0.05, 0.1) is 6.33 Å². The number of carbonyl (C=O) groups excluding carboxylic acids is 1. The zero-order valence-electron chi connectivity index (χ0n) is 15.5. The van der Waals surface area contributed by atoms with E-state index in [2.05, 4.69) is 42.9 Å². The molecule has 1 amide bonds. The van der Waals surface area contributed by atoms with Gasteiger partial charge in [-0.1, -0.05) is 30.3 Å². The van der Waals surface area contributed by atoms with Crippen LogP contribution in [0.4, 0.5) is 0 Å². The molecule has 0 saturated carbocycles. The van der Waals surface area contributed by atoms with Crippen LogP contribution in [0.2, 0.25) is 0 Å². The third-order valence-electron chi connectivity index (χ3n) is 4.42. The highest BCUT2D eigenvalue weighted by molar-refractivity contribution is 5.92. The predicted molar refractivity (Wildman–Crippen MR) is 102 cm³/mol. The first kappa shape index (κ1) is 17.9. The van der Waals surface area contributed by atoms with Crippen LogP contribution in [0.25, 0.3) is 0 Å². The summed E-state index contributed by atoms with van der Waals surface area (Å²) in [6.45, 7) is 7.23. The Labute approximate surface area is 154 Å². The van der Waals surface area contributed by atoms with Gasteiger partial charge >= 0.3 is 0 Å². The van der Waals surface area contributed by atoms with Crippen LogP contribution in [0.3, 0.4) is 0 Å². The summed E-state index contributed by atoms with van der Waals surface area (Å²) in [6.07, 6.45) is 7.07. The van der Waals surface area contributed by atoms with Gasteiger partial charge < -0.3 is 9.47 Å². The lowest BCUT2D eigenvalue weighted by Gasteiger charge is -2.23. The molecule has 0 fully saturated rings. The van der Waals surface area contributed by atoms with Crippen molar-refractivity contribution in [3.05, 3.63) is 83.7 Å². The third kappa shape index (κ3) is 4.17. The van der Waals surface area contributed by atoms with Gasteiger partial charge in [-0.3, -0.25) is 9.78 Å². The summed E-state index contributed by atoms with van der Waals surface area (Å²) in [5, 5.41) is 0. The van der Waals surface area contributed by atoms with Crippen molar-refractivity contribution in [2.24, 2.45) is 0 Å². The van der Waals surface area contributed by atoms with Gasteiger partial charge in [-0.15, -0.1) is 0 Å². The first-order chi connectivity index (χ1) is 12.5. The topological polar surface area (TPSA) is 51.0 Å². The van der Waals surface area contributed by atoms with Gasteiger partial charge in [-0.2, -0.15) is 0 Å². The van der Waals surface area contributed by atoms with E-state index in [0.717, 1.165) is 11.1 Å². The molecule has 0 aliphatic rings. The van der Waals surface area contributed by atoms with Crippen LogP contribution < -0.4 is 0 Å². The maximum Gasteiger partial charge on any atom is 0.274 e. The van der Waals surface area contributed by atoms with Crippen molar-refractivity contribution >= 4 is 5.91 Å². The number of aromatic nitrogens is 3. The van der Waals surface area contributed by atoms with Crippen LogP contribution in [0.5, 0.6) is 0 Å². The monoisotopic (exact) mass is 348 g/mol. The van der Waals surface area contributed by atoms with E-state index in [4.69, 9.17) is 0 Å². The maximum absolute atomic E-state index is 13.1. The normalized spacial score (nSPS) is 10.9. The van der Waals surface area contributed by atoms with Crippen molar-refractivity contribution in [1.29, 1.82) is 0 Å². The van der Waals surface area contributed by atoms with E-state index in [0.29, 0.717) is 18.8 Å². The van der Waals surface area contributed by atoms with Gasteiger partial charge in [0, 0.05) is 37.7 Å². The molecule has 0 saturated heterocycles. The summed E-state index contributed by atoms with van der Waals surface area (Å²) in [5.74, 6) is -0.0727. The average Bonchev–Trinajstić information content (AvgIpc) is 3.14. The van der Waals surface area contributed by atoms with Crippen LogP contribution in [0.1, 0.15) is 47.1 Å². The minimum absolute atomic E-state index is 0.0727. The second-order valence-electron chi connectivity index (χ2n) is 6.75. The lowest BCUT2D eigenvalue weighted by molar-refractivity contribution is 0.0724. The van der Waals surface area contributed by atoms with Crippen LogP contribution in [-0.4, -0.2) is 25.3 Å². The largest absolute Gasteiger partial charge is 0.334 e. The van der Waals surface area contributed by atoms with E-state index < -0.39 is 0 Å². The quantitative estimate of drug-likeness (QED) is 0.676. The van der Waals surface area contributed by atoms with Crippen LogP contribution >= 0.6 is 0 Å². The highest BCUT2D eigenvalue weighted by atomic mass is 16.2. The first-order valence-corrected chi connectivity index (χ1v) is 8.80. The molecule has 0 bridgehead atoms. The number of hydrogen-bond acceptors (Lipinski definition) is 3. The summed E-state index contributed by atoms with van der Waals surface area (Å²) in [7, 11) is 0. The molecule has 3 aromatic rings. The molecule has 0 N–H and O–H groups in total. The summed E-state index contributed by atoms with van der Waals surface area (Å²) in [5.41, 5.74) is 3.77. The van der Waals surface area contributed by atoms with Gasteiger partial charge in [0.2, 0.25) is 0 Å². The van der Waals surface area contributed by atoms with Crippen molar-refractivity contribution in [3.63, 3.8) is 0 Å². The molecule has 134 valence electrons. The van der Waals surface area contributed by atoms with Gasteiger partial charge in [0.25, 0.3) is 5.91 Å². The average molecular weight is 348 g/mol. The maximum atomic E-state index is 13.1. The Balaban J connectivity index is 1.88. The lowest BCUT2D eigenvalue weighted by Crippen LogP contribution is -2.30. The molecule has 3 rings (SSSR count). The molecule has 5 nitrogen and oxygen atoms in total. The predicted octanol–water partition coefficient (Wildman–Crippen LogP) is 4.01. The molecule has 0 spiro atoms. The van der Waals surface area contributed by atoms with Crippen LogP contribution in [0, 0.1) is 6.92 Å². The van der Waals surface area contributed by atoms with Gasteiger partial charge in [0.1, 0.15) is 5.69 Å². The van der Waals surface area contributed by atoms with Gasteiger partial charge in [0.15, 0.2) is 0 Å². The van der Waals surface area contributed by atoms with E-state index in [1.165, 1.54) is 5.56 Å². The van der Waals surface area contributed by atoms with Crippen molar-refractivity contribution in [2.45, 2.75) is 39.9 Å². The van der Waals surface area contributed by atoms with Gasteiger partial charge in [-0.25, -0.2) is 4.98 Å². The van der Waals surface area contributed by atoms with E-state index >= 15 is 0 Å². The SMILES string of the molecule is Cc1ccccc1CN(Cc1cccnc1)C(=O)c1cn(C(C)C)cn1. The summed E-state index contributed by atoms with van der Waals surface area (Å²) in [4.78, 5) is 23.4. The Morgan fingerprint density at radius 3 is 2.62 bits per heavy atom. The van der Waals surface area contributed by atoms with E-state index in [9.17, 15) is 4.79 Å². The van der Waals surface area contributed by atoms with Crippen molar-refractivity contribution in [1.82, 2.24) is 19.4 Å². The number of nitrogens with zero attached hydrogens (tertiary/aromatic N) is 4. The van der Waals surface area contributed by atoms with Gasteiger partial charge in [-0.05, 0) is 43.5 Å². The molecular weight excluding hydrogens is 324 g/mol. The minimum atomic E-state index is -0.0727. The number of carbonyl (C=O) groups is 1. The fraction of sp³-hybridized carbons (Fsp3) is 0.286. The van der Waals surface area contributed by atoms with Crippen molar-refractivity contribution < 1.29 is 4.79 Å². The number of benzene rings is 1. The molecule has 2 aromatic heterocycles. The molecule has 1 aromatic carbocycles. The minimum Gasteiger partial charge on any atom is -0.334 e. The van der Waals surface area contributed by atoms with Crippen LogP contribution in [-0.2, 0) is 13.1 Å². The second kappa shape index (κ2) is 7.95. The number of amides is 1. The van der Waals surface area contributed by atoms with E-state index in [1.807, 2.05) is 39.9 Å². The zero-order valence-corrected chi connectivity index (χ0v) is 15.5. The molecule has 2 heterocycles. The van der Waals surface area contributed by atoms with E-state index in [1.54, 1.807) is 18.7 Å². The fourth-order valence-corrected chi connectivity index (χ4v) is 2.80. The molecular formula is C21H24N4O. The van der Waals surface area contributed by atoms with E-state index in [-0.39, 0.29) is 11.9 Å². The fourth-order valence-electron chi connectivity index (χ4n) is 2.80. The van der Waals surface area contributed by atoms with Crippen molar-refractivity contribution in [3.8, 4) is 0 Å². The molecule has 0 atom stereocenters. The molecule has 0 unspecified atom stereocenters. The molecule has 26 heavy (non-hydrogen) atoms. The number of rotatable bonds is 6. The number of imidazole rings is 1. The Kier molecular flexibility index (Phi) is 5.46. The molecule has 5 heteroatoms. The lowest BCUT2D eigenvalue weighted by atomic mass is 10.1. The van der Waals surface area contributed by atoms with Crippen LogP contribution in [0.15, 0.2) is 61.3 Å². The number of hydrogen-bond donors (Lipinski definition) is 0. The highest BCUT2D eigenvalue weighted by Crippen LogP contribution is 2.16. The first-order valence-electron chi connectivity index (χ1n) is 8.80. The second-order valence-corrected chi connectivity index (χ2v) is 6.75. The summed E-state index contributed by atoms with van der Waals surface area (Å²) in [6, 6.07) is 12.3. The zero-order chi connectivity index (χ0) is 18.5. The number of pyridine rings is 1. The Morgan fingerprint density at radius 2 is 1.96 bits per heavy atom. The van der Waals surface area contributed by atoms with Crippen molar-refractivity contribution in [2.75, 3.05) is 0 Å². The molecule has 0 aliphatic heterocycles. The Bertz CT molecular complexity index is 870. The third-order valence-corrected chi connectivity index (χ3v) is 4.42. The summed E-state index contributed by atoms with van der Waals surface area (Å²) >= 11 is 0.